The summed E-state index contributed by atoms with van der Waals surface area (Å²) in [5.41, 5.74) is 2.72. The van der Waals surface area contributed by atoms with Gasteiger partial charge in [-0.1, -0.05) is 31.4 Å². The summed E-state index contributed by atoms with van der Waals surface area (Å²) in [7, 11) is 1.94. The molecule has 0 aliphatic heterocycles. The summed E-state index contributed by atoms with van der Waals surface area (Å²) in [6.45, 7) is 0. The fourth-order valence-electron chi connectivity index (χ4n) is 2.82. The molecule has 1 aromatic heterocycles. The lowest BCUT2D eigenvalue weighted by atomic mass is 9.84. The minimum atomic E-state index is 0.733. The average molecular weight is 278 g/mol. The molecule has 1 aliphatic carbocycles. The van der Waals surface area contributed by atoms with Crippen LogP contribution in [0.2, 0.25) is 0 Å². The van der Waals surface area contributed by atoms with Gasteiger partial charge >= 0.3 is 0 Å². The Hall–Kier alpha value is -0.580. The molecule has 4 heteroatoms. The molecule has 1 saturated carbocycles. The first-order valence-electron chi connectivity index (χ1n) is 6.61. The lowest BCUT2D eigenvalue weighted by molar-refractivity contribution is 0.445. The Kier molecular flexibility index (Phi) is 3.87. The van der Waals surface area contributed by atoms with Gasteiger partial charge in [0, 0.05) is 0 Å². The highest BCUT2D eigenvalue weighted by Crippen LogP contribution is 2.38. The van der Waals surface area contributed by atoms with Gasteiger partial charge in [-0.15, -0.1) is 11.3 Å². The van der Waals surface area contributed by atoms with E-state index in [0.29, 0.717) is 0 Å². The Balaban J connectivity index is 1.99. The van der Waals surface area contributed by atoms with Crippen molar-refractivity contribution in [2.45, 2.75) is 42.4 Å². The smallest absolute Gasteiger partial charge is 0.166 e. The van der Waals surface area contributed by atoms with Crippen molar-refractivity contribution in [1.82, 2.24) is 9.71 Å². The molecule has 1 aromatic carbocycles. The molecule has 18 heavy (non-hydrogen) atoms. The van der Waals surface area contributed by atoms with E-state index in [2.05, 4.69) is 22.9 Å². The van der Waals surface area contributed by atoms with E-state index in [4.69, 9.17) is 4.98 Å². The van der Waals surface area contributed by atoms with Crippen molar-refractivity contribution in [1.29, 1.82) is 0 Å². The first-order valence-corrected chi connectivity index (χ1v) is 8.25. The predicted molar refractivity (Wildman–Crippen MR) is 80.4 cm³/mol. The van der Waals surface area contributed by atoms with Crippen molar-refractivity contribution in [2.24, 2.45) is 0 Å². The van der Waals surface area contributed by atoms with Crippen molar-refractivity contribution >= 4 is 33.5 Å². The monoisotopic (exact) mass is 278 g/mol. The number of thiazole rings is 1. The van der Waals surface area contributed by atoms with E-state index in [0.717, 1.165) is 10.3 Å². The molecule has 1 aliphatic rings. The Morgan fingerprint density at radius 2 is 2.11 bits per heavy atom. The molecule has 0 radical (unpaired) electrons. The second-order valence-electron chi connectivity index (χ2n) is 4.81. The summed E-state index contributed by atoms with van der Waals surface area (Å²) >= 11 is 3.40. The number of hydrogen-bond acceptors (Lipinski definition) is 4. The molecular weight excluding hydrogens is 260 g/mol. The van der Waals surface area contributed by atoms with Crippen LogP contribution in [0.3, 0.4) is 0 Å². The largest absolute Gasteiger partial charge is 0.261 e. The first kappa shape index (κ1) is 12.5. The number of nitrogens with one attached hydrogen (secondary N) is 1. The molecule has 1 N–H and O–H groups in total. The summed E-state index contributed by atoms with van der Waals surface area (Å²) in [6, 6.07) is 6.67. The molecule has 2 nitrogen and oxygen atoms in total. The average Bonchev–Trinajstić information content (AvgIpc) is 2.82. The number of fused-ring (bicyclic) bond motifs is 1. The number of hydrogen-bond donors (Lipinski definition) is 1. The van der Waals surface area contributed by atoms with E-state index in [9.17, 15) is 0 Å². The fourth-order valence-corrected chi connectivity index (χ4v) is 4.55. The molecule has 1 fully saturated rings. The lowest BCUT2D eigenvalue weighted by Crippen LogP contribution is -2.04. The van der Waals surface area contributed by atoms with Crippen LogP contribution < -0.4 is 4.72 Å². The van der Waals surface area contributed by atoms with Gasteiger partial charge in [0.2, 0.25) is 0 Å². The Morgan fingerprint density at radius 3 is 2.89 bits per heavy atom. The zero-order valence-electron chi connectivity index (χ0n) is 10.6. The number of aromatic nitrogens is 1. The maximum absolute atomic E-state index is 4.80. The predicted octanol–water partition coefficient (Wildman–Crippen LogP) is 4.57. The third-order valence-electron chi connectivity index (χ3n) is 3.66. The summed E-state index contributed by atoms with van der Waals surface area (Å²) in [6.07, 6.45) is 6.84. The van der Waals surface area contributed by atoms with Gasteiger partial charge in [-0.2, -0.15) is 0 Å². The zero-order chi connectivity index (χ0) is 12.4. The van der Waals surface area contributed by atoms with E-state index < -0.39 is 0 Å². The number of rotatable bonds is 3. The van der Waals surface area contributed by atoms with Crippen LogP contribution in [0, 0.1) is 0 Å². The SMILES string of the molecule is CNSc1nc2c(C3CCCCC3)cccc2s1. The van der Waals surface area contributed by atoms with Crippen LogP contribution in [0.25, 0.3) is 10.2 Å². The normalized spacial score (nSPS) is 17.4. The molecule has 96 valence electrons. The van der Waals surface area contributed by atoms with Gasteiger partial charge in [-0.3, -0.25) is 4.72 Å². The highest BCUT2D eigenvalue weighted by molar-refractivity contribution is 7.99. The Bertz CT molecular complexity index is 530. The highest BCUT2D eigenvalue weighted by atomic mass is 32.2. The summed E-state index contributed by atoms with van der Waals surface area (Å²) in [5, 5.41) is 0. The van der Waals surface area contributed by atoms with Gasteiger partial charge in [0.05, 0.1) is 10.2 Å². The van der Waals surface area contributed by atoms with Crippen LogP contribution in [-0.2, 0) is 0 Å². The van der Waals surface area contributed by atoms with Crippen LogP contribution in [0.15, 0.2) is 22.5 Å². The quantitative estimate of drug-likeness (QED) is 0.832. The molecule has 0 atom stereocenters. The minimum absolute atomic E-state index is 0.733. The first-order chi connectivity index (χ1) is 8.88. The van der Waals surface area contributed by atoms with E-state index in [-0.39, 0.29) is 0 Å². The van der Waals surface area contributed by atoms with Crippen molar-refractivity contribution in [3.8, 4) is 0 Å². The topological polar surface area (TPSA) is 24.9 Å². The molecule has 0 saturated heterocycles. The second-order valence-corrected chi connectivity index (χ2v) is 7.10. The fraction of sp³-hybridized carbons (Fsp3) is 0.500. The van der Waals surface area contributed by atoms with Gasteiger partial charge in [-0.25, -0.2) is 4.98 Å². The zero-order valence-corrected chi connectivity index (χ0v) is 12.2. The van der Waals surface area contributed by atoms with Gasteiger partial charge < -0.3 is 0 Å². The molecular formula is C14H18N2S2. The maximum Gasteiger partial charge on any atom is 0.166 e. The van der Waals surface area contributed by atoms with Gasteiger partial charge in [-0.05, 0) is 49.4 Å². The molecule has 2 aromatic rings. The number of nitrogens with zero attached hydrogens (tertiary/aromatic N) is 1. The molecule has 0 unspecified atom stereocenters. The molecule has 0 bridgehead atoms. The van der Waals surface area contributed by atoms with Crippen LogP contribution in [-0.4, -0.2) is 12.0 Å². The third-order valence-corrected chi connectivity index (χ3v) is 5.45. The molecule has 3 rings (SSSR count). The second kappa shape index (κ2) is 5.59. The van der Waals surface area contributed by atoms with Crippen molar-refractivity contribution in [3.05, 3.63) is 23.8 Å². The molecule has 0 amide bonds. The summed E-state index contributed by atoms with van der Waals surface area (Å²) in [5.74, 6) is 0.733. The van der Waals surface area contributed by atoms with Crippen LogP contribution in [0.5, 0.6) is 0 Å². The number of benzene rings is 1. The molecule has 1 heterocycles. The Morgan fingerprint density at radius 1 is 1.28 bits per heavy atom. The third kappa shape index (κ3) is 2.42. The van der Waals surface area contributed by atoms with Crippen LogP contribution in [0.4, 0.5) is 0 Å². The Labute approximate surface area is 116 Å². The van der Waals surface area contributed by atoms with Gasteiger partial charge in [0.15, 0.2) is 4.34 Å². The van der Waals surface area contributed by atoms with Gasteiger partial charge in [0.1, 0.15) is 0 Å². The standard InChI is InChI=1S/C14H18N2S2/c1-15-18-14-16-13-11(8-5-9-12(13)17-14)10-6-3-2-4-7-10/h5,8-10,15H,2-4,6-7H2,1H3. The molecule has 0 spiro atoms. The van der Waals surface area contributed by atoms with E-state index in [1.165, 1.54) is 47.9 Å². The minimum Gasteiger partial charge on any atom is -0.261 e. The van der Waals surface area contributed by atoms with E-state index in [1.807, 2.05) is 7.05 Å². The lowest BCUT2D eigenvalue weighted by Gasteiger charge is -2.22. The van der Waals surface area contributed by atoms with Crippen molar-refractivity contribution < 1.29 is 0 Å². The number of para-hydroxylation sites is 1. The van der Waals surface area contributed by atoms with Crippen LogP contribution in [0.1, 0.15) is 43.6 Å². The van der Waals surface area contributed by atoms with Crippen LogP contribution >= 0.6 is 23.3 Å². The summed E-state index contributed by atoms with van der Waals surface area (Å²) in [4.78, 5) is 4.80. The maximum atomic E-state index is 4.80. The highest BCUT2D eigenvalue weighted by Gasteiger charge is 2.19. The van der Waals surface area contributed by atoms with Gasteiger partial charge in [0.25, 0.3) is 0 Å². The van der Waals surface area contributed by atoms with Crippen molar-refractivity contribution in [3.63, 3.8) is 0 Å². The van der Waals surface area contributed by atoms with Crippen molar-refractivity contribution in [2.75, 3.05) is 7.05 Å². The summed E-state index contributed by atoms with van der Waals surface area (Å²) < 4.78 is 5.56. The van der Waals surface area contributed by atoms with E-state index in [1.54, 1.807) is 23.3 Å². The van der Waals surface area contributed by atoms with E-state index >= 15 is 0 Å².